The van der Waals surface area contributed by atoms with Crippen molar-refractivity contribution in [3.05, 3.63) is 51.3 Å². The Balaban J connectivity index is 2.09. The number of Topliss-reactive ketones (excluding diaryl/α,β-unsaturated/α-hetero) is 1. The van der Waals surface area contributed by atoms with Gasteiger partial charge in [-0.2, -0.15) is 5.10 Å². The number of ketones is 1. The normalized spacial score (nSPS) is 10.9. The van der Waals surface area contributed by atoms with E-state index in [1.165, 1.54) is 0 Å². The fourth-order valence-electron chi connectivity index (χ4n) is 2.25. The summed E-state index contributed by atoms with van der Waals surface area (Å²) in [5, 5.41) is 5.57. The van der Waals surface area contributed by atoms with Gasteiger partial charge in [0.05, 0.1) is 5.69 Å². The molecule has 0 saturated heterocycles. The lowest BCUT2D eigenvalue weighted by Gasteiger charge is -2.06. The summed E-state index contributed by atoms with van der Waals surface area (Å²) in [4.78, 5) is 12.3. The first-order valence-electron chi connectivity index (χ1n) is 7.04. The molecule has 0 N–H and O–H groups in total. The molecule has 0 aliphatic heterocycles. The van der Waals surface area contributed by atoms with Crippen LogP contribution in [0.2, 0.25) is 10.0 Å². The lowest BCUT2D eigenvalue weighted by Crippen LogP contribution is -2.11. The molecule has 0 unspecified atom stereocenters. The van der Waals surface area contributed by atoms with E-state index in [9.17, 15) is 4.79 Å². The number of hydrogen-bond donors (Lipinski definition) is 0. The Morgan fingerprint density at radius 3 is 2.57 bits per heavy atom. The number of hydrogen-bond acceptors (Lipinski definition) is 2. The van der Waals surface area contributed by atoms with Gasteiger partial charge in [0.25, 0.3) is 0 Å². The maximum atomic E-state index is 12.3. The quantitative estimate of drug-likeness (QED) is 0.800. The van der Waals surface area contributed by atoms with Gasteiger partial charge in [0, 0.05) is 35.1 Å². The third kappa shape index (κ3) is 4.08. The van der Waals surface area contributed by atoms with Crippen LogP contribution in [0.4, 0.5) is 0 Å². The van der Waals surface area contributed by atoms with E-state index in [4.69, 9.17) is 23.2 Å². The lowest BCUT2D eigenvalue weighted by molar-refractivity contribution is -0.117. The summed E-state index contributed by atoms with van der Waals surface area (Å²) in [5.41, 5.74) is 2.79. The third-order valence-electron chi connectivity index (χ3n) is 3.36. The van der Waals surface area contributed by atoms with Gasteiger partial charge in [0.15, 0.2) is 0 Å². The fourth-order valence-corrected chi connectivity index (χ4v) is 2.72. The first kappa shape index (κ1) is 16.1. The molecule has 0 aliphatic carbocycles. The van der Waals surface area contributed by atoms with Crippen molar-refractivity contribution in [3.63, 3.8) is 0 Å². The Bertz CT molecular complexity index is 650. The molecule has 1 aromatic carbocycles. The summed E-state index contributed by atoms with van der Waals surface area (Å²) in [7, 11) is 0. The second-order valence-electron chi connectivity index (χ2n) is 4.92. The monoisotopic (exact) mass is 324 g/mol. The average molecular weight is 325 g/mol. The van der Waals surface area contributed by atoms with Crippen molar-refractivity contribution in [3.8, 4) is 0 Å². The molecule has 0 amide bonds. The number of aryl methyl sites for hydroxylation is 2. The van der Waals surface area contributed by atoms with E-state index in [-0.39, 0.29) is 5.78 Å². The minimum absolute atomic E-state index is 0.122. The van der Waals surface area contributed by atoms with Gasteiger partial charge in [-0.05, 0) is 37.1 Å². The van der Waals surface area contributed by atoms with E-state index in [0.29, 0.717) is 22.9 Å². The van der Waals surface area contributed by atoms with Gasteiger partial charge in [-0.3, -0.25) is 9.48 Å². The summed E-state index contributed by atoms with van der Waals surface area (Å²) >= 11 is 12.0. The average Bonchev–Trinajstić information content (AvgIpc) is 2.84. The van der Waals surface area contributed by atoms with Crippen LogP contribution < -0.4 is 0 Å². The predicted molar refractivity (Wildman–Crippen MR) is 86.2 cm³/mol. The first-order valence-corrected chi connectivity index (χ1v) is 7.80. The van der Waals surface area contributed by atoms with E-state index >= 15 is 0 Å². The number of nitrogens with zero attached hydrogens (tertiary/aromatic N) is 2. The van der Waals surface area contributed by atoms with Crippen molar-refractivity contribution in [2.45, 2.75) is 39.7 Å². The summed E-state index contributed by atoms with van der Waals surface area (Å²) in [6.45, 7) is 4.85. The van der Waals surface area contributed by atoms with Gasteiger partial charge in [-0.25, -0.2) is 0 Å². The number of halogens is 2. The standard InChI is InChI=1S/C16H18Cl2N2O/c1-3-13-9-14(20(4-2)19-13)10-15(21)7-11-5-6-12(17)8-16(11)18/h5-6,8-9H,3-4,7,10H2,1-2H3. The van der Waals surface area contributed by atoms with Gasteiger partial charge in [-0.15, -0.1) is 0 Å². The van der Waals surface area contributed by atoms with E-state index in [2.05, 4.69) is 12.0 Å². The molecule has 21 heavy (non-hydrogen) atoms. The van der Waals surface area contributed by atoms with Crippen LogP contribution >= 0.6 is 23.2 Å². The van der Waals surface area contributed by atoms with Crippen molar-refractivity contribution in [1.29, 1.82) is 0 Å². The zero-order valence-electron chi connectivity index (χ0n) is 12.2. The highest BCUT2D eigenvalue weighted by atomic mass is 35.5. The van der Waals surface area contributed by atoms with Gasteiger partial charge < -0.3 is 0 Å². The van der Waals surface area contributed by atoms with Crippen LogP contribution in [0.3, 0.4) is 0 Å². The highest BCUT2D eigenvalue weighted by Gasteiger charge is 2.13. The van der Waals surface area contributed by atoms with Crippen LogP contribution in [0.25, 0.3) is 0 Å². The van der Waals surface area contributed by atoms with Crippen molar-refractivity contribution in [2.24, 2.45) is 0 Å². The SMILES string of the molecule is CCc1cc(CC(=O)Cc2ccc(Cl)cc2Cl)n(CC)n1. The highest BCUT2D eigenvalue weighted by Crippen LogP contribution is 2.22. The van der Waals surface area contributed by atoms with Crippen molar-refractivity contribution in [2.75, 3.05) is 0 Å². The maximum Gasteiger partial charge on any atom is 0.143 e. The molecule has 1 aromatic heterocycles. The summed E-state index contributed by atoms with van der Waals surface area (Å²) < 4.78 is 1.89. The number of aromatic nitrogens is 2. The Hall–Kier alpha value is -1.32. The molecule has 0 spiro atoms. The molecule has 0 fully saturated rings. The van der Waals surface area contributed by atoms with Crippen LogP contribution in [0, 0.1) is 0 Å². The molecule has 2 rings (SSSR count). The van der Waals surface area contributed by atoms with Crippen LogP contribution in [-0.2, 0) is 30.6 Å². The summed E-state index contributed by atoms with van der Waals surface area (Å²) in [5.74, 6) is 0.122. The Kier molecular flexibility index (Phi) is 5.43. The zero-order valence-corrected chi connectivity index (χ0v) is 13.7. The molecule has 5 heteroatoms. The number of rotatable bonds is 6. The molecule has 1 heterocycles. The summed E-state index contributed by atoms with van der Waals surface area (Å²) in [6, 6.07) is 7.22. The maximum absolute atomic E-state index is 12.3. The van der Waals surface area contributed by atoms with E-state index < -0.39 is 0 Å². The van der Waals surface area contributed by atoms with E-state index in [0.717, 1.165) is 29.9 Å². The molecule has 0 bridgehead atoms. The molecular formula is C16H18Cl2N2O. The van der Waals surface area contributed by atoms with Gasteiger partial charge >= 0.3 is 0 Å². The molecule has 0 saturated carbocycles. The number of carbonyl (C=O) groups is 1. The van der Waals surface area contributed by atoms with Crippen LogP contribution in [0.1, 0.15) is 30.8 Å². The minimum Gasteiger partial charge on any atom is -0.299 e. The zero-order chi connectivity index (χ0) is 15.4. The molecule has 112 valence electrons. The minimum atomic E-state index is 0.122. The van der Waals surface area contributed by atoms with Crippen molar-refractivity contribution in [1.82, 2.24) is 9.78 Å². The summed E-state index contributed by atoms with van der Waals surface area (Å²) in [6.07, 6.45) is 1.56. The lowest BCUT2D eigenvalue weighted by atomic mass is 10.1. The van der Waals surface area contributed by atoms with Crippen LogP contribution in [0.5, 0.6) is 0 Å². The predicted octanol–water partition coefficient (Wildman–Crippen LogP) is 4.13. The molecule has 3 nitrogen and oxygen atoms in total. The Morgan fingerprint density at radius 1 is 1.19 bits per heavy atom. The second kappa shape index (κ2) is 7.10. The van der Waals surface area contributed by atoms with Crippen molar-refractivity contribution >= 4 is 29.0 Å². The second-order valence-corrected chi connectivity index (χ2v) is 5.77. The molecular weight excluding hydrogens is 307 g/mol. The third-order valence-corrected chi connectivity index (χ3v) is 3.94. The first-order chi connectivity index (χ1) is 10.0. The van der Waals surface area contributed by atoms with Gasteiger partial charge in [-0.1, -0.05) is 36.2 Å². The van der Waals surface area contributed by atoms with E-state index in [1.807, 2.05) is 17.7 Å². The highest BCUT2D eigenvalue weighted by molar-refractivity contribution is 6.35. The van der Waals surface area contributed by atoms with Gasteiger partial charge in [0.1, 0.15) is 5.78 Å². The van der Waals surface area contributed by atoms with Crippen LogP contribution in [-0.4, -0.2) is 15.6 Å². The molecule has 0 aliphatic rings. The molecule has 2 aromatic rings. The number of benzene rings is 1. The molecule has 0 radical (unpaired) electrons. The van der Waals surface area contributed by atoms with Gasteiger partial charge in [0.2, 0.25) is 0 Å². The fraction of sp³-hybridized carbons (Fsp3) is 0.375. The van der Waals surface area contributed by atoms with E-state index in [1.54, 1.807) is 18.2 Å². The topological polar surface area (TPSA) is 34.9 Å². The largest absolute Gasteiger partial charge is 0.299 e. The number of carbonyl (C=O) groups excluding carboxylic acids is 1. The van der Waals surface area contributed by atoms with Crippen molar-refractivity contribution < 1.29 is 4.79 Å². The molecule has 0 atom stereocenters. The Labute approximate surface area is 134 Å². The smallest absolute Gasteiger partial charge is 0.143 e. The Morgan fingerprint density at radius 2 is 1.95 bits per heavy atom. The van der Waals surface area contributed by atoms with Crippen LogP contribution in [0.15, 0.2) is 24.3 Å².